The van der Waals surface area contributed by atoms with E-state index in [0.717, 1.165) is 32.8 Å². The first kappa shape index (κ1) is 55.9. The zero-order valence-corrected chi connectivity index (χ0v) is 44.4. The number of Topliss-reactive ketones (excluding diaryl/α,β-unsaturated/α-hetero) is 1. The molecule has 20 nitrogen and oxygen atoms in total. The van der Waals surface area contributed by atoms with E-state index >= 15 is 0 Å². The molecule has 3 aromatic carbocycles. The first-order chi connectivity index (χ1) is 38.2. The third-order valence-corrected chi connectivity index (χ3v) is 13.4. The fraction of sp³-hybridized carbons (Fsp3) is 0.305. The van der Waals surface area contributed by atoms with Gasteiger partial charge >= 0.3 is 12.1 Å². The van der Waals surface area contributed by atoms with E-state index in [1.54, 1.807) is 33.7 Å². The lowest BCUT2D eigenvalue weighted by Crippen LogP contribution is -2.45. The molecule has 7 aromatic rings. The van der Waals surface area contributed by atoms with Crippen molar-refractivity contribution in [2.24, 2.45) is 17.6 Å². The van der Waals surface area contributed by atoms with Gasteiger partial charge < -0.3 is 31.4 Å². The second-order valence-electron chi connectivity index (χ2n) is 19.8. The smallest absolute Gasteiger partial charge is 0.410 e. The number of benzene rings is 3. The van der Waals surface area contributed by atoms with Crippen LogP contribution in [-0.4, -0.2) is 100 Å². The number of hydrogen-bond acceptors (Lipinski definition) is 12. The lowest BCUT2D eigenvalue weighted by Gasteiger charge is -2.24. The van der Waals surface area contributed by atoms with Crippen LogP contribution in [0, 0.1) is 18.8 Å². The number of hydrogen-bond donors (Lipinski definition) is 5. The van der Waals surface area contributed by atoms with Crippen molar-refractivity contribution < 1.29 is 38.3 Å². The van der Waals surface area contributed by atoms with Crippen LogP contribution in [0.25, 0.3) is 39.4 Å². The molecule has 0 bridgehead atoms. The number of nitrogens with two attached hydrogens (primary N) is 1. The molecule has 0 radical (unpaired) electrons. The minimum atomic E-state index is -0.860. The summed E-state index contributed by atoms with van der Waals surface area (Å²) in [5.74, 6) is -2.39. The Morgan fingerprint density at radius 3 is 2.29 bits per heavy atom. The van der Waals surface area contributed by atoms with E-state index in [4.69, 9.17) is 20.4 Å². The van der Waals surface area contributed by atoms with Crippen LogP contribution in [0.5, 0.6) is 0 Å². The van der Waals surface area contributed by atoms with Gasteiger partial charge in [0.2, 0.25) is 11.8 Å². The van der Waals surface area contributed by atoms with E-state index in [9.17, 15) is 33.6 Å². The standard InChI is InChI=1S/C59H64N12O8/c1-38(2)54(68-51(73)20-8-5-9-30-70-52(74)27-28-53(70)75)48(72)32-44(18-12-29-61-58(60)77)57(76)65-46-24-21-40(22-25-46)36-79-59(78)69(33-41-14-11-17-43(31-41)42-15-6-4-7-16-42)35-49-66-55(45-23-26-50-62-37-63-71(50)34-45)56(67-49)47-19-10-13-39(3)64-47/h4,6-7,10-11,13-17,19,21-28,31,34,37-38,44,54H,5,8-9,12,18,20,29-30,32-33,35-36H2,1-3H3,(H,65,76)(H,66,67)(H,68,73)(H3,60,61,77)/t44-,54+/m1/s1. The molecule has 6 N–H and O–H groups in total. The monoisotopic (exact) mass is 1070 g/mol. The number of imidazole rings is 1. The number of ether oxygens (including phenoxy) is 1. The average Bonchev–Trinajstić information content (AvgIpc) is 4.19. The summed E-state index contributed by atoms with van der Waals surface area (Å²) in [6, 6.07) is 32.7. The van der Waals surface area contributed by atoms with Crippen molar-refractivity contribution in [1.29, 1.82) is 0 Å². The van der Waals surface area contributed by atoms with E-state index in [2.05, 4.69) is 31.0 Å². The van der Waals surface area contributed by atoms with Crippen molar-refractivity contribution in [3.63, 3.8) is 0 Å². The highest BCUT2D eigenvalue weighted by Gasteiger charge is 2.30. The van der Waals surface area contributed by atoms with Crippen molar-refractivity contribution >= 4 is 52.9 Å². The summed E-state index contributed by atoms with van der Waals surface area (Å²) in [6.07, 6.45) is 7.36. The predicted octanol–water partition coefficient (Wildman–Crippen LogP) is 8.08. The number of ketones is 1. The lowest BCUT2D eigenvalue weighted by atomic mass is 9.89. The van der Waals surface area contributed by atoms with Gasteiger partial charge in [-0.2, -0.15) is 5.10 Å². The molecule has 0 unspecified atom stereocenters. The molecule has 1 aliphatic rings. The molecule has 7 amide bonds. The molecule has 2 atom stereocenters. The number of H-pyrrole nitrogens is 1. The highest BCUT2D eigenvalue weighted by Crippen LogP contribution is 2.31. The number of pyridine rings is 2. The molecule has 8 rings (SSSR count). The lowest BCUT2D eigenvalue weighted by molar-refractivity contribution is -0.137. The molecule has 4 aromatic heterocycles. The Morgan fingerprint density at radius 1 is 0.785 bits per heavy atom. The van der Waals surface area contributed by atoms with Crippen molar-refractivity contribution in [2.45, 2.75) is 91.5 Å². The molecular weight excluding hydrogens is 1000 g/mol. The predicted molar refractivity (Wildman–Crippen MR) is 296 cm³/mol. The summed E-state index contributed by atoms with van der Waals surface area (Å²) in [5.41, 5.74) is 13.5. The first-order valence-electron chi connectivity index (χ1n) is 26.3. The normalized spacial score (nSPS) is 12.9. The van der Waals surface area contributed by atoms with Crippen LogP contribution < -0.4 is 21.7 Å². The van der Waals surface area contributed by atoms with Crippen molar-refractivity contribution in [2.75, 3.05) is 18.4 Å². The minimum absolute atomic E-state index is 0.0450. The number of aromatic nitrogens is 6. The van der Waals surface area contributed by atoms with Crippen LogP contribution in [0.2, 0.25) is 0 Å². The molecule has 5 heterocycles. The number of amides is 7. The number of primary amides is 1. The summed E-state index contributed by atoms with van der Waals surface area (Å²) in [7, 11) is 0. The summed E-state index contributed by atoms with van der Waals surface area (Å²) in [6.45, 7) is 6.12. The molecule has 79 heavy (non-hydrogen) atoms. The maximum Gasteiger partial charge on any atom is 0.410 e. The van der Waals surface area contributed by atoms with Crippen LogP contribution in [0.3, 0.4) is 0 Å². The van der Waals surface area contributed by atoms with Gasteiger partial charge in [-0.25, -0.2) is 24.1 Å². The van der Waals surface area contributed by atoms with E-state index in [-0.39, 0.29) is 81.5 Å². The number of aromatic amines is 1. The van der Waals surface area contributed by atoms with Gasteiger partial charge in [-0.05, 0) is 103 Å². The Hall–Kier alpha value is -9.33. The second-order valence-corrected chi connectivity index (χ2v) is 19.8. The van der Waals surface area contributed by atoms with Gasteiger partial charge in [-0.3, -0.25) is 38.8 Å². The second kappa shape index (κ2) is 26.6. The number of imide groups is 1. The largest absolute Gasteiger partial charge is 0.445 e. The van der Waals surface area contributed by atoms with Crippen LogP contribution in [0.4, 0.5) is 15.3 Å². The number of anilines is 1. The molecular formula is C59H64N12O8. The number of fused-ring (bicyclic) bond motifs is 1. The summed E-state index contributed by atoms with van der Waals surface area (Å²) < 4.78 is 7.68. The van der Waals surface area contributed by atoms with Gasteiger partial charge in [0.1, 0.15) is 18.8 Å². The van der Waals surface area contributed by atoms with E-state index in [0.29, 0.717) is 65.5 Å². The fourth-order valence-corrected chi connectivity index (χ4v) is 9.27. The maximum absolute atomic E-state index is 14.3. The van der Waals surface area contributed by atoms with Crippen LogP contribution in [0.15, 0.2) is 134 Å². The zero-order chi connectivity index (χ0) is 55.8. The minimum Gasteiger partial charge on any atom is -0.445 e. The van der Waals surface area contributed by atoms with E-state index < -0.39 is 30.0 Å². The van der Waals surface area contributed by atoms with Gasteiger partial charge in [0.05, 0.1) is 29.7 Å². The Balaban J connectivity index is 0.932. The van der Waals surface area contributed by atoms with Crippen LogP contribution >= 0.6 is 0 Å². The van der Waals surface area contributed by atoms with E-state index in [1.807, 2.05) is 112 Å². The SMILES string of the molecule is Cc1cccc(-c2[nH]c(CN(Cc3cccc(-c4ccccc4)c3)C(=O)OCc3ccc(NC(=O)[C@H](CCCNC(N)=O)CC(=O)[C@@H](NC(=O)CCCCCN4C(=O)C=CC4=O)C(C)C)cc3)nc2-c2ccc3ncnn3c2)n1. The van der Waals surface area contributed by atoms with Crippen LogP contribution in [0.1, 0.15) is 81.4 Å². The number of carbonyl (C=O) groups excluding carboxylic acids is 7. The number of carbonyl (C=O) groups is 7. The van der Waals surface area contributed by atoms with Crippen LogP contribution in [-0.2, 0) is 48.4 Å². The topological polar surface area (TPSA) is 269 Å². The number of aryl methyl sites for hydroxylation is 1. The summed E-state index contributed by atoms with van der Waals surface area (Å²) >= 11 is 0. The number of unbranched alkanes of at least 4 members (excludes halogenated alkanes) is 2. The number of nitrogens with one attached hydrogen (secondary N) is 4. The van der Waals surface area contributed by atoms with Gasteiger partial charge in [0, 0.05) is 73.7 Å². The van der Waals surface area contributed by atoms with Gasteiger partial charge in [-0.1, -0.05) is 87.0 Å². The molecule has 1 aliphatic heterocycles. The van der Waals surface area contributed by atoms with Gasteiger partial charge in [0.15, 0.2) is 11.4 Å². The van der Waals surface area contributed by atoms with Crippen molar-refractivity contribution in [3.05, 3.63) is 157 Å². The fourth-order valence-electron chi connectivity index (χ4n) is 9.27. The zero-order valence-electron chi connectivity index (χ0n) is 44.4. The third-order valence-electron chi connectivity index (χ3n) is 13.4. The number of rotatable bonds is 26. The van der Waals surface area contributed by atoms with Gasteiger partial charge in [-0.15, -0.1) is 0 Å². The summed E-state index contributed by atoms with van der Waals surface area (Å²) in [4.78, 5) is 111. The molecule has 0 saturated carbocycles. The highest BCUT2D eigenvalue weighted by molar-refractivity contribution is 6.12. The molecule has 20 heteroatoms. The highest BCUT2D eigenvalue weighted by atomic mass is 16.6. The maximum atomic E-state index is 14.3. The number of urea groups is 1. The van der Waals surface area contributed by atoms with Crippen molar-refractivity contribution in [1.82, 2.24) is 50.0 Å². The number of nitrogens with zero attached hydrogens (tertiary/aromatic N) is 7. The van der Waals surface area contributed by atoms with Crippen molar-refractivity contribution in [3.8, 4) is 33.8 Å². The average molecular weight is 1070 g/mol. The molecule has 0 aliphatic carbocycles. The molecule has 0 saturated heterocycles. The Kier molecular flexibility index (Phi) is 18.8. The first-order valence-corrected chi connectivity index (χ1v) is 26.3. The Morgan fingerprint density at radius 2 is 1.54 bits per heavy atom. The van der Waals surface area contributed by atoms with E-state index in [1.165, 1.54) is 18.5 Å². The quantitative estimate of drug-likeness (QED) is 0.0254. The summed E-state index contributed by atoms with van der Waals surface area (Å²) in [5, 5.41) is 12.6. The molecule has 0 spiro atoms. The molecule has 408 valence electrons. The Labute approximate surface area is 457 Å². The van der Waals surface area contributed by atoms with Gasteiger partial charge in [0.25, 0.3) is 11.8 Å². The molecule has 0 fully saturated rings. The third kappa shape index (κ3) is 15.4. The Bertz CT molecular complexity index is 3320.